The van der Waals surface area contributed by atoms with Gasteiger partial charge in [0.05, 0.1) is 0 Å². The number of halogens is 3. The summed E-state index contributed by atoms with van der Waals surface area (Å²) in [5.41, 5.74) is -5.53. The van der Waals surface area contributed by atoms with E-state index in [1.165, 1.54) is 19.3 Å². The molecule has 1 N–H and O–H groups in total. The molecular formula is C8H18F3O3PS. The average molecular weight is 282 g/mol. The summed E-state index contributed by atoms with van der Waals surface area (Å²) in [6.45, 7) is 6.75. The van der Waals surface area contributed by atoms with Crippen molar-refractivity contribution in [1.82, 2.24) is 0 Å². The Kier molecular flexibility index (Phi) is 7.82. The first-order valence-electron chi connectivity index (χ1n) is 4.76. The fourth-order valence-electron chi connectivity index (χ4n) is 0.750. The molecule has 0 radical (unpaired) electrons. The molecule has 8 heteroatoms. The lowest BCUT2D eigenvalue weighted by atomic mass is 9.99. The first-order valence-corrected chi connectivity index (χ1v) is 6.78. The fourth-order valence-corrected chi connectivity index (χ4v) is 0.750. The van der Waals surface area contributed by atoms with E-state index in [1.807, 2.05) is 0 Å². The van der Waals surface area contributed by atoms with Crippen molar-refractivity contribution in [3.8, 4) is 0 Å². The first-order chi connectivity index (χ1) is 6.93. The number of hydrogen-bond donors (Lipinski definition) is 1. The smallest absolute Gasteiger partial charge is 0.279 e. The van der Waals surface area contributed by atoms with E-state index in [4.69, 9.17) is 13.0 Å². The van der Waals surface area contributed by atoms with Crippen LogP contribution in [0.2, 0.25) is 0 Å². The molecule has 0 bridgehead atoms. The lowest BCUT2D eigenvalue weighted by Gasteiger charge is -2.23. The Morgan fingerprint density at radius 1 is 1.06 bits per heavy atom. The van der Waals surface area contributed by atoms with E-state index in [2.05, 4.69) is 30.0 Å². The lowest BCUT2D eigenvalue weighted by Crippen LogP contribution is -2.21. The highest BCUT2D eigenvalue weighted by Crippen LogP contribution is 2.29. The van der Waals surface area contributed by atoms with Crippen molar-refractivity contribution in [1.29, 1.82) is 0 Å². The van der Waals surface area contributed by atoms with Crippen molar-refractivity contribution in [3.05, 3.63) is 0 Å². The second-order valence-electron chi connectivity index (χ2n) is 3.34. The van der Waals surface area contributed by atoms with E-state index in [9.17, 15) is 13.2 Å². The highest BCUT2D eigenvalue weighted by atomic mass is 32.2. The minimum absolute atomic E-state index is 0.542. The van der Waals surface area contributed by atoms with Crippen LogP contribution >= 0.6 is 9.24 Å². The molecule has 0 aliphatic rings. The minimum Gasteiger partial charge on any atom is -0.279 e. The summed E-state index contributed by atoms with van der Waals surface area (Å²) in [5, 5.41) is 0.542. The highest BCUT2D eigenvalue weighted by molar-refractivity contribution is 7.86. The second-order valence-corrected chi connectivity index (χ2v) is 5.98. The van der Waals surface area contributed by atoms with Crippen LogP contribution in [-0.4, -0.2) is 23.6 Å². The van der Waals surface area contributed by atoms with E-state index in [0.717, 1.165) is 0 Å². The molecule has 16 heavy (non-hydrogen) atoms. The molecule has 100 valence electrons. The monoisotopic (exact) mass is 282 g/mol. The topological polar surface area (TPSA) is 54.4 Å². The maximum atomic E-state index is 10.7. The second kappa shape index (κ2) is 6.77. The summed E-state index contributed by atoms with van der Waals surface area (Å²) in [6, 6.07) is 0. The van der Waals surface area contributed by atoms with Crippen LogP contribution in [-0.2, 0) is 10.1 Å². The van der Waals surface area contributed by atoms with Gasteiger partial charge >= 0.3 is 15.6 Å². The molecule has 0 aromatic heterocycles. The van der Waals surface area contributed by atoms with Crippen LogP contribution in [0.1, 0.15) is 40.0 Å². The molecule has 0 amide bonds. The van der Waals surface area contributed by atoms with Crippen molar-refractivity contribution in [3.63, 3.8) is 0 Å². The van der Waals surface area contributed by atoms with Gasteiger partial charge in [0.1, 0.15) is 0 Å². The zero-order valence-corrected chi connectivity index (χ0v) is 11.5. The number of hydrogen-bond acceptors (Lipinski definition) is 2. The number of alkyl halides is 3. The molecule has 0 heterocycles. The van der Waals surface area contributed by atoms with E-state index in [0.29, 0.717) is 5.16 Å². The highest BCUT2D eigenvalue weighted by Gasteiger charge is 2.44. The first kappa shape index (κ1) is 18.5. The molecule has 0 aromatic carbocycles. The Hall–Kier alpha value is 0.130. The molecule has 0 aliphatic carbocycles. The van der Waals surface area contributed by atoms with E-state index < -0.39 is 15.6 Å². The summed E-state index contributed by atoms with van der Waals surface area (Å²) in [5.74, 6) is 0. The Labute approximate surface area is 96.8 Å². The van der Waals surface area contributed by atoms with Gasteiger partial charge in [-0.05, 0) is 24.4 Å². The van der Waals surface area contributed by atoms with E-state index >= 15 is 0 Å². The van der Waals surface area contributed by atoms with Crippen LogP contribution in [0.5, 0.6) is 0 Å². The molecule has 0 saturated carbocycles. The zero-order valence-electron chi connectivity index (χ0n) is 9.50. The maximum absolute atomic E-state index is 10.7. The van der Waals surface area contributed by atoms with Gasteiger partial charge in [-0.15, -0.1) is 9.24 Å². The summed E-state index contributed by atoms with van der Waals surface area (Å²) in [7, 11) is -2.90. The fraction of sp³-hybridized carbons (Fsp3) is 1.00. The van der Waals surface area contributed by atoms with Crippen LogP contribution in [0.4, 0.5) is 13.2 Å². The molecule has 1 unspecified atom stereocenters. The van der Waals surface area contributed by atoms with Crippen LogP contribution in [0.25, 0.3) is 0 Å². The molecule has 0 spiro atoms. The normalized spacial score (nSPS) is 13.0. The predicted molar refractivity (Wildman–Crippen MR) is 60.9 cm³/mol. The van der Waals surface area contributed by atoms with Crippen LogP contribution in [0.3, 0.4) is 0 Å². The molecule has 0 fully saturated rings. The standard InChI is InChI=1S/C7H17P.CHF3O3S/c1-4-7(8,5-2)6-3;2-1(3,4)8(5,6)7/h4-6,8H2,1-3H3;(H,5,6,7). The Morgan fingerprint density at radius 3 is 1.25 bits per heavy atom. The Bertz CT molecular complexity index is 275. The quantitative estimate of drug-likeness (QED) is 0.491. The van der Waals surface area contributed by atoms with Gasteiger partial charge < -0.3 is 0 Å². The van der Waals surface area contributed by atoms with Gasteiger partial charge in [-0.1, -0.05) is 20.8 Å². The maximum Gasteiger partial charge on any atom is 0.522 e. The van der Waals surface area contributed by atoms with Crippen molar-refractivity contribution in [2.45, 2.75) is 50.7 Å². The van der Waals surface area contributed by atoms with Crippen LogP contribution < -0.4 is 0 Å². The molecule has 0 aliphatic heterocycles. The zero-order chi connectivity index (χ0) is 13.6. The molecule has 3 nitrogen and oxygen atoms in total. The summed E-state index contributed by atoms with van der Waals surface area (Å²) in [6.07, 6.45) is 3.85. The van der Waals surface area contributed by atoms with Crippen molar-refractivity contribution in [2.24, 2.45) is 0 Å². The molecule has 0 saturated heterocycles. The van der Waals surface area contributed by atoms with Gasteiger partial charge in [0.2, 0.25) is 0 Å². The third-order valence-electron chi connectivity index (χ3n) is 2.40. The lowest BCUT2D eigenvalue weighted by molar-refractivity contribution is -0.0510. The van der Waals surface area contributed by atoms with Gasteiger partial charge in [-0.2, -0.15) is 21.6 Å². The molecule has 1 atom stereocenters. The van der Waals surface area contributed by atoms with Crippen LogP contribution in [0.15, 0.2) is 0 Å². The van der Waals surface area contributed by atoms with Crippen molar-refractivity contribution >= 4 is 19.4 Å². The van der Waals surface area contributed by atoms with Crippen LogP contribution in [0, 0.1) is 0 Å². The number of rotatable bonds is 3. The van der Waals surface area contributed by atoms with Crippen molar-refractivity contribution < 1.29 is 26.1 Å². The Morgan fingerprint density at radius 2 is 1.25 bits per heavy atom. The third-order valence-corrected chi connectivity index (χ3v) is 4.21. The Balaban J connectivity index is 0. The van der Waals surface area contributed by atoms with Gasteiger partial charge in [-0.3, -0.25) is 4.55 Å². The van der Waals surface area contributed by atoms with Gasteiger partial charge in [0, 0.05) is 0 Å². The van der Waals surface area contributed by atoms with E-state index in [1.54, 1.807) is 0 Å². The van der Waals surface area contributed by atoms with Gasteiger partial charge in [0.25, 0.3) is 0 Å². The molecule has 0 rings (SSSR count). The van der Waals surface area contributed by atoms with Gasteiger partial charge in [0.15, 0.2) is 0 Å². The molecular weight excluding hydrogens is 264 g/mol. The summed E-state index contributed by atoms with van der Waals surface area (Å²) >= 11 is 0. The SMILES string of the molecule is CCC(P)(CC)CC.O=S(=O)(O)C(F)(F)F. The predicted octanol–water partition coefficient (Wildman–Crippen LogP) is 3.22. The molecule has 0 aromatic rings. The summed E-state index contributed by atoms with van der Waals surface area (Å²) < 4.78 is 57.5. The summed E-state index contributed by atoms with van der Waals surface area (Å²) in [4.78, 5) is 0. The minimum atomic E-state index is -5.84. The third kappa shape index (κ3) is 7.41. The van der Waals surface area contributed by atoms with E-state index in [-0.39, 0.29) is 0 Å². The average Bonchev–Trinajstić information content (AvgIpc) is 2.14. The van der Waals surface area contributed by atoms with Crippen molar-refractivity contribution in [2.75, 3.05) is 0 Å². The largest absolute Gasteiger partial charge is 0.522 e. The van der Waals surface area contributed by atoms with Gasteiger partial charge in [-0.25, -0.2) is 0 Å².